The van der Waals surface area contributed by atoms with Crippen LogP contribution in [0, 0.1) is 6.92 Å². The van der Waals surface area contributed by atoms with E-state index in [0.717, 1.165) is 31.9 Å². The summed E-state index contributed by atoms with van der Waals surface area (Å²) in [5.41, 5.74) is 1.21. The third-order valence-electron chi connectivity index (χ3n) is 3.00. The molecule has 0 N–H and O–H groups in total. The average molecular weight is 206 g/mol. The van der Waals surface area contributed by atoms with E-state index in [9.17, 15) is 0 Å². The van der Waals surface area contributed by atoms with Gasteiger partial charge in [-0.05, 0) is 31.4 Å². The molecule has 0 radical (unpaired) electrons. The van der Waals surface area contributed by atoms with Crippen molar-refractivity contribution in [1.29, 1.82) is 0 Å². The van der Waals surface area contributed by atoms with Crippen LogP contribution >= 0.6 is 0 Å². The third-order valence-corrected chi connectivity index (χ3v) is 3.00. The second-order valence-corrected chi connectivity index (χ2v) is 4.15. The highest BCUT2D eigenvalue weighted by Gasteiger charge is 2.19. The van der Waals surface area contributed by atoms with Gasteiger partial charge in [-0.15, -0.1) is 0 Å². The predicted octanol–water partition coefficient (Wildman–Crippen LogP) is 2.01. The van der Waals surface area contributed by atoms with Gasteiger partial charge >= 0.3 is 0 Å². The van der Waals surface area contributed by atoms with Gasteiger partial charge in [0.25, 0.3) is 0 Å². The van der Waals surface area contributed by atoms with Crippen LogP contribution in [0.15, 0.2) is 18.3 Å². The second-order valence-electron chi connectivity index (χ2n) is 4.15. The number of aromatic nitrogens is 1. The van der Waals surface area contributed by atoms with Crippen molar-refractivity contribution in [2.24, 2.45) is 0 Å². The zero-order valence-corrected chi connectivity index (χ0v) is 9.44. The van der Waals surface area contributed by atoms with Crippen molar-refractivity contribution in [3.05, 3.63) is 23.9 Å². The Morgan fingerprint density at radius 3 is 2.67 bits per heavy atom. The molecule has 1 aliphatic heterocycles. The van der Waals surface area contributed by atoms with Gasteiger partial charge in [0.15, 0.2) is 0 Å². The molecule has 0 aliphatic carbocycles. The molecule has 15 heavy (non-hydrogen) atoms. The van der Waals surface area contributed by atoms with E-state index < -0.39 is 0 Å². The molecule has 1 aromatic heterocycles. The summed E-state index contributed by atoms with van der Waals surface area (Å²) < 4.78 is 5.36. The highest BCUT2D eigenvalue weighted by molar-refractivity contribution is 5.39. The summed E-state index contributed by atoms with van der Waals surface area (Å²) in [6.07, 6.45) is 4.13. The van der Waals surface area contributed by atoms with Crippen LogP contribution in [0.25, 0.3) is 0 Å². The molecule has 1 aromatic rings. The largest absolute Gasteiger partial charge is 0.381 e. The summed E-state index contributed by atoms with van der Waals surface area (Å²) in [4.78, 5) is 6.70. The highest BCUT2D eigenvalue weighted by atomic mass is 16.5. The van der Waals surface area contributed by atoms with E-state index >= 15 is 0 Å². The summed E-state index contributed by atoms with van der Waals surface area (Å²) in [5, 5.41) is 0. The second kappa shape index (κ2) is 4.62. The van der Waals surface area contributed by atoms with Crippen molar-refractivity contribution in [3.63, 3.8) is 0 Å². The maximum Gasteiger partial charge on any atom is 0.128 e. The smallest absolute Gasteiger partial charge is 0.128 e. The Morgan fingerprint density at radius 2 is 2.07 bits per heavy atom. The van der Waals surface area contributed by atoms with Crippen LogP contribution in [0.1, 0.15) is 18.4 Å². The first-order valence-corrected chi connectivity index (χ1v) is 5.50. The van der Waals surface area contributed by atoms with Crippen LogP contribution in [0.5, 0.6) is 0 Å². The summed E-state index contributed by atoms with van der Waals surface area (Å²) >= 11 is 0. The minimum atomic E-state index is 0.578. The van der Waals surface area contributed by atoms with Gasteiger partial charge in [-0.25, -0.2) is 4.98 Å². The molecule has 0 unspecified atom stereocenters. The van der Waals surface area contributed by atoms with Crippen LogP contribution in [0.2, 0.25) is 0 Å². The summed E-state index contributed by atoms with van der Waals surface area (Å²) in [5.74, 6) is 1.06. The number of ether oxygens (including phenoxy) is 1. The minimum absolute atomic E-state index is 0.578. The van der Waals surface area contributed by atoms with Gasteiger partial charge in [0.05, 0.1) is 0 Å². The van der Waals surface area contributed by atoms with Gasteiger partial charge in [0.2, 0.25) is 0 Å². The molecule has 2 heterocycles. The minimum Gasteiger partial charge on any atom is -0.381 e. The van der Waals surface area contributed by atoms with Gasteiger partial charge in [-0.2, -0.15) is 0 Å². The monoisotopic (exact) mass is 206 g/mol. The Labute approximate surface area is 91.1 Å². The van der Waals surface area contributed by atoms with Crippen molar-refractivity contribution in [2.45, 2.75) is 25.8 Å². The molecule has 0 aromatic carbocycles. The number of anilines is 1. The average Bonchev–Trinajstić information content (AvgIpc) is 2.30. The van der Waals surface area contributed by atoms with E-state index in [1.807, 2.05) is 6.20 Å². The normalized spacial score (nSPS) is 17.7. The Kier molecular flexibility index (Phi) is 3.21. The fraction of sp³-hybridized carbons (Fsp3) is 0.583. The number of hydrogen-bond acceptors (Lipinski definition) is 3. The summed E-state index contributed by atoms with van der Waals surface area (Å²) in [6.45, 7) is 3.81. The lowest BCUT2D eigenvalue weighted by Crippen LogP contribution is -2.37. The fourth-order valence-electron chi connectivity index (χ4n) is 1.93. The molecule has 1 aliphatic rings. The van der Waals surface area contributed by atoms with Crippen molar-refractivity contribution >= 4 is 5.82 Å². The number of hydrogen-bond donors (Lipinski definition) is 0. The molecule has 1 fully saturated rings. The van der Waals surface area contributed by atoms with Crippen LogP contribution in [-0.2, 0) is 4.74 Å². The molecule has 82 valence electrons. The number of pyridine rings is 1. The lowest BCUT2D eigenvalue weighted by molar-refractivity contribution is 0.0853. The van der Waals surface area contributed by atoms with E-state index in [2.05, 4.69) is 36.0 Å². The van der Waals surface area contributed by atoms with Crippen molar-refractivity contribution < 1.29 is 4.74 Å². The van der Waals surface area contributed by atoms with Crippen molar-refractivity contribution in [3.8, 4) is 0 Å². The standard InChI is InChI=1S/C12H18N2O/c1-10-3-4-12(13-9-10)14(2)11-5-7-15-8-6-11/h3-4,9,11H,5-8H2,1-2H3. The van der Waals surface area contributed by atoms with E-state index in [1.165, 1.54) is 5.56 Å². The molecular formula is C12H18N2O. The first kappa shape index (κ1) is 10.4. The van der Waals surface area contributed by atoms with Crippen LogP contribution in [0.3, 0.4) is 0 Å². The van der Waals surface area contributed by atoms with Gasteiger partial charge < -0.3 is 9.64 Å². The maximum absolute atomic E-state index is 5.36. The lowest BCUT2D eigenvalue weighted by Gasteiger charge is -2.32. The summed E-state index contributed by atoms with van der Waals surface area (Å²) in [6, 6.07) is 4.78. The zero-order chi connectivity index (χ0) is 10.7. The topological polar surface area (TPSA) is 25.4 Å². The van der Waals surface area contributed by atoms with Crippen LogP contribution < -0.4 is 4.90 Å². The van der Waals surface area contributed by atoms with Crippen molar-refractivity contribution in [1.82, 2.24) is 4.98 Å². The van der Waals surface area contributed by atoms with Gasteiger partial charge in [-0.3, -0.25) is 0 Å². The zero-order valence-electron chi connectivity index (χ0n) is 9.44. The number of aryl methyl sites for hydroxylation is 1. The van der Waals surface area contributed by atoms with E-state index in [-0.39, 0.29) is 0 Å². The third kappa shape index (κ3) is 2.48. The number of nitrogens with zero attached hydrogens (tertiary/aromatic N) is 2. The van der Waals surface area contributed by atoms with E-state index in [0.29, 0.717) is 6.04 Å². The fourth-order valence-corrected chi connectivity index (χ4v) is 1.93. The SMILES string of the molecule is Cc1ccc(N(C)C2CCOCC2)nc1. The molecule has 3 heteroatoms. The molecule has 2 rings (SSSR count). The molecule has 0 amide bonds. The van der Waals surface area contributed by atoms with Gasteiger partial charge in [-0.1, -0.05) is 6.07 Å². The molecule has 0 atom stereocenters. The van der Waals surface area contributed by atoms with Gasteiger partial charge in [0.1, 0.15) is 5.82 Å². The Morgan fingerprint density at radius 1 is 1.33 bits per heavy atom. The van der Waals surface area contributed by atoms with Crippen LogP contribution in [-0.4, -0.2) is 31.3 Å². The first-order chi connectivity index (χ1) is 7.27. The molecule has 0 saturated carbocycles. The highest BCUT2D eigenvalue weighted by Crippen LogP contribution is 2.18. The van der Waals surface area contributed by atoms with Gasteiger partial charge in [0, 0.05) is 32.5 Å². The first-order valence-electron chi connectivity index (χ1n) is 5.50. The molecule has 1 saturated heterocycles. The van der Waals surface area contributed by atoms with E-state index in [1.54, 1.807) is 0 Å². The molecular weight excluding hydrogens is 188 g/mol. The van der Waals surface area contributed by atoms with Crippen LogP contribution in [0.4, 0.5) is 5.82 Å². The predicted molar refractivity (Wildman–Crippen MR) is 61.2 cm³/mol. The Hall–Kier alpha value is -1.09. The van der Waals surface area contributed by atoms with E-state index in [4.69, 9.17) is 4.74 Å². The quantitative estimate of drug-likeness (QED) is 0.740. The molecule has 0 spiro atoms. The molecule has 3 nitrogen and oxygen atoms in total. The maximum atomic E-state index is 5.36. The molecule has 0 bridgehead atoms. The van der Waals surface area contributed by atoms with Crippen molar-refractivity contribution in [2.75, 3.05) is 25.2 Å². The lowest BCUT2D eigenvalue weighted by atomic mass is 10.1. The Bertz CT molecular complexity index is 304. The number of rotatable bonds is 2. The Balaban J connectivity index is 2.05. The summed E-state index contributed by atoms with van der Waals surface area (Å²) in [7, 11) is 2.12.